The van der Waals surface area contributed by atoms with Crippen LogP contribution in [0.3, 0.4) is 0 Å². The smallest absolute Gasteiger partial charge is 0.338 e. The molecule has 42 heavy (non-hydrogen) atoms. The van der Waals surface area contributed by atoms with Crippen LogP contribution in [0.1, 0.15) is 20.8 Å². The molecule has 0 spiro atoms. The minimum Gasteiger partial charge on any atom is -0.486 e. The molecule has 8 heteroatoms. The Bertz CT molecular complexity index is 1470. The summed E-state index contributed by atoms with van der Waals surface area (Å²) in [5.74, 6) is -0.122. The number of carbonyl (C=O) groups is 3. The Labute approximate surface area is 245 Å². The Morgan fingerprint density at radius 2 is 0.929 bits per heavy atom. The highest BCUT2D eigenvalue weighted by Crippen LogP contribution is 2.34. The van der Waals surface area contributed by atoms with Gasteiger partial charge in [-0.15, -0.1) is 0 Å². The van der Waals surface area contributed by atoms with Crippen molar-refractivity contribution in [2.45, 2.75) is 20.8 Å². The van der Waals surface area contributed by atoms with E-state index in [0.717, 1.165) is 22.3 Å². The minimum absolute atomic E-state index is 0.0332. The molecule has 8 nitrogen and oxygen atoms in total. The number of hydrogen-bond donors (Lipinski definition) is 0. The fraction of sp³-hybridized carbons (Fsp3) is 0.206. The summed E-state index contributed by atoms with van der Waals surface area (Å²) in [7, 11) is 0. The van der Waals surface area contributed by atoms with E-state index < -0.39 is 17.9 Å². The largest absolute Gasteiger partial charge is 0.486 e. The van der Waals surface area contributed by atoms with Crippen molar-refractivity contribution in [3.8, 4) is 39.5 Å². The maximum Gasteiger partial charge on any atom is 0.338 e. The molecule has 0 atom stereocenters. The van der Waals surface area contributed by atoms with Gasteiger partial charge in [-0.1, -0.05) is 62.2 Å². The molecule has 0 aliphatic heterocycles. The summed E-state index contributed by atoms with van der Waals surface area (Å²) in [5, 5.41) is 0. The molecule has 3 aromatic carbocycles. The summed E-state index contributed by atoms with van der Waals surface area (Å²) in [6.45, 7) is 15.7. The molecule has 3 rings (SSSR count). The Kier molecular flexibility index (Phi) is 11.3. The van der Waals surface area contributed by atoms with Gasteiger partial charge in [-0.05, 0) is 67.3 Å². The van der Waals surface area contributed by atoms with Crippen molar-refractivity contribution in [3.63, 3.8) is 0 Å². The van der Waals surface area contributed by atoms with E-state index in [9.17, 15) is 14.4 Å². The third kappa shape index (κ3) is 9.23. The SMILES string of the molecule is C=C(C)C(=O)OCCOc1ccc(-c2ccc(-c3ccc(OC(=O)C(=C)C)cc3)cc2)cc1OCCOC(=O)C(=C)C. The van der Waals surface area contributed by atoms with E-state index >= 15 is 0 Å². The molecular weight excluding hydrogens is 536 g/mol. The predicted octanol–water partition coefficient (Wildman–Crippen LogP) is 6.50. The summed E-state index contributed by atoms with van der Waals surface area (Å²) in [6, 6.07) is 20.7. The van der Waals surface area contributed by atoms with E-state index in [1.807, 2.05) is 48.5 Å². The summed E-state index contributed by atoms with van der Waals surface area (Å²) < 4.78 is 27.2. The first-order valence-corrected chi connectivity index (χ1v) is 13.2. The van der Waals surface area contributed by atoms with Gasteiger partial charge in [0.05, 0.1) is 0 Å². The van der Waals surface area contributed by atoms with Crippen LogP contribution in [0.5, 0.6) is 17.2 Å². The zero-order valence-corrected chi connectivity index (χ0v) is 24.1. The fourth-order valence-corrected chi connectivity index (χ4v) is 3.50. The van der Waals surface area contributed by atoms with E-state index in [4.69, 9.17) is 23.7 Å². The second kappa shape index (κ2) is 15.0. The van der Waals surface area contributed by atoms with Crippen molar-refractivity contribution in [3.05, 3.63) is 103 Å². The normalized spacial score (nSPS) is 10.3. The van der Waals surface area contributed by atoms with Gasteiger partial charge in [-0.25, -0.2) is 14.4 Å². The van der Waals surface area contributed by atoms with Crippen molar-refractivity contribution < 1.29 is 38.1 Å². The first-order valence-electron chi connectivity index (χ1n) is 13.2. The molecule has 218 valence electrons. The third-order valence-electron chi connectivity index (χ3n) is 5.75. The van der Waals surface area contributed by atoms with Crippen molar-refractivity contribution >= 4 is 17.9 Å². The van der Waals surface area contributed by atoms with Gasteiger partial charge >= 0.3 is 17.9 Å². The maximum atomic E-state index is 11.7. The van der Waals surface area contributed by atoms with Gasteiger partial charge in [0.15, 0.2) is 11.5 Å². The molecular formula is C34H34O8. The number of benzene rings is 3. The molecule has 0 bridgehead atoms. The van der Waals surface area contributed by atoms with Gasteiger partial charge in [0.25, 0.3) is 0 Å². The molecule has 0 heterocycles. The van der Waals surface area contributed by atoms with Crippen molar-refractivity contribution in [1.29, 1.82) is 0 Å². The Balaban J connectivity index is 1.73. The van der Waals surface area contributed by atoms with Crippen LogP contribution >= 0.6 is 0 Å². The van der Waals surface area contributed by atoms with Crippen LogP contribution in [0.2, 0.25) is 0 Å². The first kappa shape index (κ1) is 31.4. The molecule has 0 aromatic heterocycles. The van der Waals surface area contributed by atoms with E-state index in [-0.39, 0.29) is 26.4 Å². The maximum absolute atomic E-state index is 11.7. The van der Waals surface area contributed by atoms with Gasteiger partial charge in [-0.2, -0.15) is 0 Å². The lowest BCUT2D eigenvalue weighted by Gasteiger charge is -2.15. The zero-order chi connectivity index (χ0) is 30.6. The Morgan fingerprint density at radius 3 is 1.40 bits per heavy atom. The van der Waals surface area contributed by atoms with Crippen molar-refractivity contribution in [2.75, 3.05) is 26.4 Å². The average Bonchev–Trinajstić information content (AvgIpc) is 2.98. The van der Waals surface area contributed by atoms with Crippen LogP contribution in [0.15, 0.2) is 103 Å². The lowest BCUT2D eigenvalue weighted by atomic mass is 10.00. The summed E-state index contributed by atoms with van der Waals surface area (Å²) in [6.07, 6.45) is 0. The number of esters is 3. The quantitative estimate of drug-likeness (QED) is 0.0938. The first-order chi connectivity index (χ1) is 20.0. The van der Waals surface area contributed by atoms with Gasteiger partial charge < -0.3 is 23.7 Å². The van der Waals surface area contributed by atoms with Gasteiger partial charge in [0.2, 0.25) is 0 Å². The molecule has 0 radical (unpaired) electrons. The van der Waals surface area contributed by atoms with Crippen LogP contribution in [-0.4, -0.2) is 44.3 Å². The lowest BCUT2D eigenvalue weighted by Crippen LogP contribution is -2.14. The Hall–Kier alpha value is -5.11. The second-order valence-corrected chi connectivity index (χ2v) is 9.46. The molecule has 0 fully saturated rings. The molecule has 0 saturated carbocycles. The van der Waals surface area contributed by atoms with Gasteiger partial charge in [-0.3, -0.25) is 0 Å². The highest BCUT2D eigenvalue weighted by Gasteiger charge is 2.12. The monoisotopic (exact) mass is 570 g/mol. The number of ether oxygens (including phenoxy) is 5. The molecule has 3 aromatic rings. The third-order valence-corrected chi connectivity index (χ3v) is 5.75. The highest BCUT2D eigenvalue weighted by atomic mass is 16.6. The van der Waals surface area contributed by atoms with E-state index in [2.05, 4.69) is 19.7 Å². The number of carbonyl (C=O) groups excluding carboxylic acids is 3. The topological polar surface area (TPSA) is 97.4 Å². The Morgan fingerprint density at radius 1 is 0.524 bits per heavy atom. The zero-order valence-electron chi connectivity index (χ0n) is 24.1. The van der Waals surface area contributed by atoms with Crippen molar-refractivity contribution in [1.82, 2.24) is 0 Å². The van der Waals surface area contributed by atoms with Crippen LogP contribution in [0.4, 0.5) is 0 Å². The van der Waals surface area contributed by atoms with E-state index in [0.29, 0.717) is 34.0 Å². The fourth-order valence-electron chi connectivity index (χ4n) is 3.50. The molecule has 0 unspecified atom stereocenters. The molecule has 0 N–H and O–H groups in total. The van der Waals surface area contributed by atoms with Crippen LogP contribution in [-0.2, 0) is 23.9 Å². The highest BCUT2D eigenvalue weighted by molar-refractivity contribution is 5.89. The number of rotatable bonds is 14. The predicted molar refractivity (Wildman–Crippen MR) is 160 cm³/mol. The van der Waals surface area contributed by atoms with Crippen LogP contribution in [0, 0.1) is 0 Å². The van der Waals surface area contributed by atoms with Gasteiger partial charge in [0.1, 0.15) is 32.2 Å². The van der Waals surface area contributed by atoms with E-state index in [1.165, 1.54) is 0 Å². The van der Waals surface area contributed by atoms with Crippen LogP contribution in [0.25, 0.3) is 22.3 Å². The summed E-state index contributed by atoms with van der Waals surface area (Å²) in [5.41, 5.74) is 4.69. The van der Waals surface area contributed by atoms with Crippen molar-refractivity contribution in [2.24, 2.45) is 0 Å². The average molecular weight is 571 g/mol. The van der Waals surface area contributed by atoms with Crippen LogP contribution < -0.4 is 14.2 Å². The molecule has 0 aliphatic carbocycles. The second-order valence-electron chi connectivity index (χ2n) is 9.46. The molecule has 0 saturated heterocycles. The van der Waals surface area contributed by atoms with Gasteiger partial charge in [0, 0.05) is 16.7 Å². The summed E-state index contributed by atoms with van der Waals surface area (Å²) in [4.78, 5) is 35.0. The minimum atomic E-state index is -0.495. The van der Waals surface area contributed by atoms with E-state index in [1.54, 1.807) is 39.0 Å². The summed E-state index contributed by atoms with van der Waals surface area (Å²) >= 11 is 0. The molecule has 0 aliphatic rings. The molecule has 0 amide bonds. The number of hydrogen-bond acceptors (Lipinski definition) is 8. The lowest BCUT2D eigenvalue weighted by molar-refractivity contribution is -0.140. The standard InChI is InChI=1S/C34H34O8/c1-22(2)32(35)40-19-17-38-30-16-13-28(21-31(30)39-18-20-41-33(36)23(3)4)27-9-7-25(8-10-27)26-11-14-29(15-12-26)42-34(37)24(5)6/h7-16,21H,1,3,5,17-20H2,2,4,6H3.